The van der Waals surface area contributed by atoms with Crippen LogP contribution >= 0.6 is 7.82 Å². The van der Waals surface area contributed by atoms with Gasteiger partial charge in [0, 0.05) is 6.42 Å². The number of phosphoric ester groups is 1. The van der Waals surface area contributed by atoms with Gasteiger partial charge in [-0.15, -0.1) is 0 Å². The fourth-order valence-corrected chi connectivity index (χ4v) is 6.02. The lowest BCUT2D eigenvalue weighted by Crippen LogP contribution is -2.45. The van der Waals surface area contributed by atoms with Crippen LogP contribution in [0.15, 0.2) is 60.8 Å². The van der Waals surface area contributed by atoms with Crippen LogP contribution in [0.5, 0.6) is 0 Å². The molecule has 3 unspecified atom stereocenters. The van der Waals surface area contributed by atoms with Gasteiger partial charge in [0.15, 0.2) is 0 Å². The summed E-state index contributed by atoms with van der Waals surface area (Å²) in [5.74, 6) is -0.260. The number of hydrogen-bond donors (Lipinski definition) is 3. The van der Waals surface area contributed by atoms with E-state index in [1.54, 1.807) is 6.08 Å². The third-order valence-electron chi connectivity index (χ3n) is 8.51. The predicted molar refractivity (Wildman–Crippen MR) is 217 cm³/mol. The van der Waals surface area contributed by atoms with Crippen molar-refractivity contribution < 1.29 is 32.9 Å². The Kier molecular flexibility index (Phi) is 32.8. The minimum Gasteiger partial charge on any atom is -0.387 e. The highest BCUT2D eigenvalue weighted by Crippen LogP contribution is 2.43. The van der Waals surface area contributed by atoms with E-state index in [2.05, 4.69) is 55.6 Å². The fraction of sp³-hybridized carbons (Fsp3) is 0.738. The average molecular weight is 738 g/mol. The van der Waals surface area contributed by atoms with Crippen molar-refractivity contribution in [3.63, 3.8) is 0 Å². The minimum absolute atomic E-state index is 0.0465. The Morgan fingerprint density at radius 3 is 1.69 bits per heavy atom. The lowest BCUT2D eigenvalue weighted by Gasteiger charge is -2.25. The summed E-state index contributed by atoms with van der Waals surface area (Å²) >= 11 is 0. The summed E-state index contributed by atoms with van der Waals surface area (Å²) in [5, 5.41) is 13.7. The molecule has 0 aromatic carbocycles. The van der Waals surface area contributed by atoms with Crippen LogP contribution in [0.25, 0.3) is 0 Å². The topological polar surface area (TPSA) is 105 Å². The molecule has 8 nitrogen and oxygen atoms in total. The second-order valence-electron chi connectivity index (χ2n) is 14.6. The van der Waals surface area contributed by atoms with Gasteiger partial charge in [0.2, 0.25) is 5.91 Å². The molecule has 0 aliphatic heterocycles. The minimum atomic E-state index is -4.35. The summed E-state index contributed by atoms with van der Waals surface area (Å²) in [4.78, 5) is 23.0. The van der Waals surface area contributed by atoms with Crippen molar-refractivity contribution in [1.82, 2.24) is 5.32 Å². The van der Waals surface area contributed by atoms with E-state index >= 15 is 0 Å². The molecule has 0 rings (SSSR count). The maximum atomic E-state index is 12.8. The van der Waals surface area contributed by atoms with Crippen LogP contribution in [0.1, 0.15) is 149 Å². The van der Waals surface area contributed by atoms with E-state index in [-0.39, 0.29) is 25.5 Å². The summed E-state index contributed by atoms with van der Waals surface area (Å²) in [6.45, 7) is 4.61. The Labute approximate surface area is 313 Å². The number of quaternary nitrogens is 1. The number of hydrogen-bond acceptors (Lipinski definition) is 5. The Morgan fingerprint density at radius 1 is 0.686 bits per heavy atom. The van der Waals surface area contributed by atoms with Crippen LogP contribution < -0.4 is 5.32 Å². The number of nitrogens with zero attached hydrogens (tertiary/aromatic N) is 1. The monoisotopic (exact) mass is 738 g/mol. The zero-order valence-electron chi connectivity index (χ0n) is 33.3. The molecule has 0 fully saturated rings. The molecule has 3 N–H and O–H groups in total. The molecule has 0 heterocycles. The van der Waals surface area contributed by atoms with Gasteiger partial charge in [-0.1, -0.05) is 158 Å². The molecular formula is C42H78N2O6P+. The van der Waals surface area contributed by atoms with Crippen molar-refractivity contribution in [3.8, 4) is 0 Å². The number of allylic oxidation sites excluding steroid dienone is 9. The summed E-state index contributed by atoms with van der Waals surface area (Å²) in [6, 6.07) is -0.884. The molecule has 0 bridgehead atoms. The van der Waals surface area contributed by atoms with Crippen LogP contribution in [0, 0.1) is 0 Å². The number of unbranched alkanes of at least 4 members (excludes halogenated alkanes) is 14. The zero-order valence-corrected chi connectivity index (χ0v) is 34.2. The molecule has 0 aliphatic rings. The molecule has 0 aromatic heterocycles. The lowest BCUT2D eigenvalue weighted by molar-refractivity contribution is -0.870. The number of aliphatic hydroxyl groups excluding tert-OH is 1. The molecule has 296 valence electrons. The van der Waals surface area contributed by atoms with Gasteiger partial charge in [-0.3, -0.25) is 13.8 Å². The molecule has 0 aromatic rings. The second-order valence-corrected chi connectivity index (χ2v) is 16.1. The quantitative estimate of drug-likeness (QED) is 0.0259. The van der Waals surface area contributed by atoms with Crippen molar-refractivity contribution in [3.05, 3.63) is 60.8 Å². The maximum absolute atomic E-state index is 12.8. The lowest BCUT2D eigenvalue weighted by atomic mass is 10.0. The van der Waals surface area contributed by atoms with Gasteiger partial charge in [0.25, 0.3) is 0 Å². The van der Waals surface area contributed by atoms with Crippen molar-refractivity contribution in [2.75, 3.05) is 40.9 Å². The van der Waals surface area contributed by atoms with Crippen LogP contribution in [0.4, 0.5) is 0 Å². The third-order valence-corrected chi connectivity index (χ3v) is 9.49. The van der Waals surface area contributed by atoms with Gasteiger partial charge in [-0.25, -0.2) is 4.57 Å². The van der Waals surface area contributed by atoms with Crippen molar-refractivity contribution in [2.24, 2.45) is 0 Å². The standard InChI is InChI=1S/C42H77N2O6P/c1-6-8-10-12-14-16-18-20-21-22-24-25-27-29-31-33-35-41(45)40(39-50-51(47,48)49-38-37-44(3,4)5)43-42(46)36-34-32-30-28-26-23-19-17-15-13-11-9-7-2/h9,11,15,17,23,26,30,32-33,35,40-41,45H,6-8,10,12-14,16,18-22,24-25,27-29,31,34,36-39H2,1-5H3,(H-,43,46,47,48)/p+1/b11-9-,17-15-,26-23-,32-30-,35-33+. The number of phosphoric acid groups is 1. The van der Waals surface area contributed by atoms with E-state index in [4.69, 9.17) is 9.05 Å². The van der Waals surface area contributed by atoms with Gasteiger partial charge < -0.3 is 19.8 Å². The van der Waals surface area contributed by atoms with Gasteiger partial charge in [0.1, 0.15) is 13.2 Å². The van der Waals surface area contributed by atoms with Crippen LogP contribution in [0.3, 0.4) is 0 Å². The van der Waals surface area contributed by atoms with Gasteiger partial charge in [0.05, 0.1) is 39.9 Å². The average Bonchev–Trinajstić information content (AvgIpc) is 3.07. The largest absolute Gasteiger partial charge is 0.472 e. The van der Waals surface area contributed by atoms with Crippen LogP contribution in [0.2, 0.25) is 0 Å². The van der Waals surface area contributed by atoms with E-state index in [9.17, 15) is 19.4 Å². The Balaban J connectivity index is 4.61. The summed E-state index contributed by atoms with van der Waals surface area (Å²) < 4.78 is 23.4. The Hall–Kier alpha value is -1.80. The van der Waals surface area contributed by atoms with Crippen LogP contribution in [-0.4, -0.2) is 73.4 Å². The molecule has 0 spiro atoms. The second kappa shape index (κ2) is 34.0. The highest BCUT2D eigenvalue weighted by atomic mass is 31.2. The SMILES string of the molecule is CC/C=C\C/C=C\C/C=C\C/C=C\CCC(=O)NC(COP(=O)(O)OCC[N+](C)(C)C)C(O)/C=C/CCCCCCCCCCCCCCCC. The van der Waals surface area contributed by atoms with Gasteiger partial charge >= 0.3 is 7.82 Å². The first-order valence-electron chi connectivity index (χ1n) is 20.2. The normalized spacial score (nSPS) is 15.2. The van der Waals surface area contributed by atoms with E-state index in [0.29, 0.717) is 17.4 Å². The molecule has 51 heavy (non-hydrogen) atoms. The van der Waals surface area contributed by atoms with Crippen molar-refractivity contribution >= 4 is 13.7 Å². The first-order valence-corrected chi connectivity index (χ1v) is 21.7. The molecule has 0 aliphatic carbocycles. The Bertz CT molecular complexity index is 1020. The summed E-state index contributed by atoms with van der Waals surface area (Å²) in [7, 11) is 1.52. The number of nitrogens with one attached hydrogen (secondary N) is 1. The molecule has 1 amide bonds. The van der Waals surface area contributed by atoms with Crippen LogP contribution in [-0.2, 0) is 18.4 Å². The number of carbonyl (C=O) groups is 1. The highest BCUT2D eigenvalue weighted by molar-refractivity contribution is 7.47. The van der Waals surface area contributed by atoms with Crippen molar-refractivity contribution in [2.45, 2.75) is 161 Å². The molecular weight excluding hydrogens is 659 g/mol. The number of likely N-dealkylation sites (N-methyl/N-ethyl adjacent to an activating group) is 1. The fourth-order valence-electron chi connectivity index (χ4n) is 5.28. The Morgan fingerprint density at radius 2 is 1.18 bits per heavy atom. The first-order chi connectivity index (χ1) is 24.5. The summed E-state index contributed by atoms with van der Waals surface area (Å²) in [6.07, 6.45) is 43.0. The zero-order chi connectivity index (χ0) is 37.9. The third kappa shape index (κ3) is 36.4. The highest BCUT2D eigenvalue weighted by Gasteiger charge is 2.27. The van der Waals surface area contributed by atoms with Gasteiger partial charge in [-0.05, 0) is 44.9 Å². The summed E-state index contributed by atoms with van der Waals surface area (Å²) in [5.41, 5.74) is 0. The number of carbonyl (C=O) groups excluding carboxylic acids is 1. The number of rotatable bonds is 35. The maximum Gasteiger partial charge on any atom is 0.472 e. The first kappa shape index (κ1) is 49.2. The number of aliphatic hydroxyl groups is 1. The molecule has 0 saturated heterocycles. The smallest absolute Gasteiger partial charge is 0.387 e. The van der Waals surface area contributed by atoms with Gasteiger partial charge in [-0.2, -0.15) is 0 Å². The molecule has 3 atom stereocenters. The van der Waals surface area contributed by atoms with Crippen molar-refractivity contribution in [1.29, 1.82) is 0 Å². The van der Waals surface area contributed by atoms with E-state index < -0.39 is 20.0 Å². The number of amides is 1. The molecule has 9 heteroatoms. The van der Waals surface area contributed by atoms with E-state index in [1.807, 2.05) is 39.4 Å². The molecule has 0 radical (unpaired) electrons. The van der Waals surface area contributed by atoms with E-state index in [0.717, 1.165) is 44.9 Å². The van der Waals surface area contributed by atoms with E-state index in [1.165, 1.54) is 77.0 Å². The predicted octanol–water partition coefficient (Wildman–Crippen LogP) is 10.7. The molecule has 0 saturated carbocycles.